The van der Waals surface area contributed by atoms with E-state index in [-0.39, 0.29) is 41.0 Å². The molecule has 11 heteroatoms. The number of fused-ring (bicyclic) bond motifs is 1. The molecule has 0 bridgehead atoms. The lowest BCUT2D eigenvalue weighted by molar-refractivity contribution is 0.355. The quantitative estimate of drug-likeness (QED) is 0.465. The molecule has 1 saturated heterocycles. The van der Waals surface area contributed by atoms with Gasteiger partial charge in [-0.15, -0.1) is 5.10 Å². The van der Waals surface area contributed by atoms with Gasteiger partial charge in [0.15, 0.2) is 10.8 Å². The normalized spacial score (nSPS) is 21.0. The van der Waals surface area contributed by atoms with Crippen LogP contribution in [-0.4, -0.2) is 38.5 Å². The molecule has 5 rings (SSSR count). The highest BCUT2D eigenvalue weighted by molar-refractivity contribution is 7.80. The Kier molecular flexibility index (Phi) is 4.92. The van der Waals surface area contributed by atoms with Gasteiger partial charge < -0.3 is 15.5 Å². The lowest BCUT2D eigenvalue weighted by atomic mass is 10.0. The second kappa shape index (κ2) is 7.63. The number of aromatic nitrogens is 3. The van der Waals surface area contributed by atoms with Gasteiger partial charge in [0.05, 0.1) is 12.6 Å². The van der Waals surface area contributed by atoms with Crippen LogP contribution in [-0.2, 0) is 0 Å². The van der Waals surface area contributed by atoms with E-state index in [1.165, 1.54) is 16.8 Å². The van der Waals surface area contributed by atoms with Crippen LogP contribution < -0.4 is 15.5 Å². The van der Waals surface area contributed by atoms with Crippen LogP contribution in [0.25, 0.3) is 5.65 Å². The average molecular weight is 450 g/mol. The number of halogens is 4. The number of hydrogen-bond acceptors (Lipinski definition) is 4. The van der Waals surface area contributed by atoms with Crippen molar-refractivity contribution in [1.29, 1.82) is 0 Å². The summed E-state index contributed by atoms with van der Waals surface area (Å²) in [5.41, 5.74) is 0.190. The van der Waals surface area contributed by atoms with E-state index in [2.05, 4.69) is 20.7 Å². The van der Waals surface area contributed by atoms with Crippen LogP contribution in [0.2, 0.25) is 0 Å². The summed E-state index contributed by atoms with van der Waals surface area (Å²) in [7, 11) is 0. The molecule has 2 N–H and O–H groups in total. The first-order chi connectivity index (χ1) is 14.9. The van der Waals surface area contributed by atoms with Crippen molar-refractivity contribution in [3.8, 4) is 0 Å². The van der Waals surface area contributed by atoms with Crippen molar-refractivity contribution >= 4 is 34.5 Å². The Labute approximate surface area is 180 Å². The van der Waals surface area contributed by atoms with Gasteiger partial charge in [0.1, 0.15) is 29.3 Å². The number of nitrogens with zero attached hydrogens (tertiary/aromatic N) is 4. The summed E-state index contributed by atoms with van der Waals surface area (Å²) in [5, 5.41) is 9.88. The predicted octanol–water partition coefficient (Wildman–Crippen LogP) is 3.88. The van der Waals surface area contributed by atoms with Crippen molar-refractivity contribution in [3.05, 3.63) is 53.6 Å². The Morgan fingerprint density at radius 2 is 1.97 bits per heavy atom. The number of nitrogens with one attached hydrogen (secondary N) is 2. The topological polar surface area (TPSA) is 57.5 Å². The highest BCUT2D eigenvalue weighted by Gasteiger charge is 2.36. The largest absolute Gasteiger partial charge is 0.360 e. The smallest absolute Gasteiger partial charge is 0.258 e. The summed E-state index contributed by atoms with van der Waals surface area (Å²) in [6.07, 6.45) is 2.22. The minimum atomic E-state index is -1.25. The molecule has 2 aliphatic rings. The van der Waals surface area contributed by atoms with E-state index in [1.807, 2.05) is 0 Å². The number of benzene rings is 1. The first kappa shape index (κ1) is 20.0. The molecule has 0 spiro atoms. The molecule has 3 heterocycles. The standard InChI is InChI=1S/C20H18F4N6S/c21-10-1-4-14(23)13(7-10)15-8-11(22)9-29(15)16-5-6-30-19(26-16)17(18(24)28-30)27-20(31)25-12-2-3-12/h1,4-7,11-12,15H,2-3,8-9H2,(H2,25,27,31)/t11-,15+/m0/s1. The van der Waals surface area contributed by atoms with Gasteiger partial charge in [-0.2, -0.15) is 4.39 Å². The van der Waals surface area contributed by atoms with Gasteiger partial charge >= 0.3 is 0 Å². The maximum atomic E-state index is 14.4. The average Bonchev–Trinajstić information content (AvgIpc) is 3.38. The van der Waals surface area contributed by atoms with Gasteiger partial charge in [0.2, 0.25) is 0 Å². The second-order valence-corrected chi connectivity index (χ2v) is 8.17. The summed E-state index contributed by atoms with van der Waals surface area (Å²) in [6, 6.07) is 4.17. The first-order valence-electron chi connectivity index (χ1n) is 9.87. The Hall–Kier alpha value is -2.95. The Balaban J connectivity index is 1.50. The van der Waals surface area contributed by atoms with Crippen LogP contribution in [0.4, 0.5) is 29.1 Å². The van der Waals surface area contributed by atoms with E-state index < -0.39 is 29.8 Å². The third-order valence-corrected chi connectivity index (χ3v) is 5.66. The van der Waals surface area contributed by atoms with Crippen molar-refractivity contribution in [2.45, 2.75) is 37.5 Å². The lowest BCUT2D eigenvalue weighted by Crippen LogP contribution is -2.30. The zero-order valence-corrected chi connectivity index (χ0v) is 17.0. The van der Waals surface area contributed by atoms with E-state index >= 15 is 0 Å². The summed E-state index contributed by atoms with van der Waals surface area (Å²) in [4.78, 5) is 6.00. The van der Waals surface area contributed by atoms with Crippen molar-refractivity contribution in [2.24, 2.45) is 0 Å². The van der Waals surface area contributed by atoms with Crippen LogP contribution in [0.1, 0.15) is 30.9 Å². The molecule has 1 aliphatic carbocycles. The highest BCUT2D eigenvalue weighted by Crippen LogP contribution is 2.38. The summed E-state index contributed by atoms with van der Waals surface area (Å²) >= 11 is 5.21. The van der Waals surface area contributed by atoms with E-state index in [4.69, 9.17) is 12.2 Å². The van der Waals surface area contributed by atoms with Crippen molar-refractivity contribution in [1.82, 2.24) is 19.9 Å². The monoisotopic (exact) mass is 450 g/mol. The fraction of sp³-hybridized carbons (Fsp3) is 0.350. The summed E-state index contributed by atoms with van der Waals surface area (Å²) in [5.74, 6) is -1.73. The van der Waals surface area contributed by atoms with Crippen LogP contribution in [0.15, 0.2) is 30.5 Å². The highest BCUT2D eigenvalue weighted by atomic mass is 32.1. The maximum absolute atomic E-state index is 14.4. The third kappa shape index (κ3) is 3.89. The zero-order chi connectivity index (χ0) is 21.7. The number of hydrogen-bond donors (Lipinski definition) is 2. The lowest BCUT2D eigenvalue weighted by Gasteiger charge is -2.26. The summed E-state index contributed by atoms with van der Waals surface area (Å²) in [6.45, 7) is -0.0508. The Morgan fingerprint density at radius 3 is 2.74 bits per heavy atom. The Bertz CT molecular complexity index is 1160. The van der Waals surface area contributed by atoms with Crippen LogP contribution in [0.3, 0.4) is 0 Å². The second-order valence-electron chi connectivity index (χ2n) is 7.76. The third-order valence-electron chi connectivity index (χ3n) is 5.44. The molecular formula is C20H18F4N6S. The van der Waals surface area contributed by atoms with Gasteiger partial charge in [0.25, 0.3) is 5.95 Å². The van der Waals surface area contributed by atoms with Crippen molar-refractivity contribution < 1.29 is 17.6 Å². The number of anilines is 2. The molecule has 3 aromatic rings. The first-order valence-corrected chi connectivity index (χ1v) is 10.3. The van der Waals surface area contributed by atoms with Crippen LogP contribution >= 0.6 is 12.2 Å². The van der Waals surface area contributed by atoms with Gasteiger partial charge in [-0.3, -0.25) is 0 Å². The maximum Gasteiger partial charge on any atom is 0.258 e. The van der Waals surface area contributed by atoms with E-state index in [0.29, 0.717) is 5.82 Å². The minimum absolute atomic E-state index is 0.00974. The fourth-order valence-corrected chi connectivity index (χ4v) is 4.09. The molecule has 31 heavy (non-hydrogen) atoms. The molecule has 1 aliphatic heterocycles. The van der Waals surface area contributed by atoms with Gasteiger partial charge in [-0.25, -0.2) is 22.7 Å². The molecule has 2 aromatic heterocycles. The van der Waals surface area contributed by atoms with E-state index in [1.54, 1.807) is 4.90 Å². The minimum Gasteiger partial charge on any atom is -0.360 e. The SMILES string of the molecule is Fc1ccc(F)c([C@H]2C[C@H](F)CN2c2ccn3nc(F)c(NC(=S)NC4CC4)c3n2)c1. The predicted molar refractivity (Wildman–Crippen MR) is 111 cm³/mol. The molecule has 0 radical (unpaired) electrons. The Morgan fingerprint density at radius 1 is 1.16 bits per heavy atom. The van der Waals surface area contributed by atoms with Gasteiger partial charge in [0, 0.05) is 24.2 Å². The molecule has 1 saturated carbocycles. The number of thiocarbonyl (C=S) groups is 1. The number of rotatable bonds is 4. The van der Waals surface area contributed by atoms with Gasteiger partial charge in [-0.05, 0) is 49.3 Å². The molecule has 1 aromatic carbocycles. The number of alkyl halides is 1. The van der Waals surface area contributed by atoms with Crippen molar-refractivity contribution in [2.75, 3.05) is 16.8 Å². The molecular weight excluding hydrogens is 432 g/mol. The van der Waals surface area contributed by atoms with Crippen LogP contribution in [0, 0.1) is 17.6 Å². The molecule has 2 atom stereocenters. The zero-order valence-electron chi connectivity index (χ0n) is 16.2. The van der Waals surface area contributed by atoms with Crippen LogP contribution in [0.5, 0.6) is 0 Å². The molecule has 162 valence electrons. The molecule has 6 nitrogen and oxygen atoms in total. The molecule has 0 unspecified atom stereocenters. The van der Waals surface area contributed by atoms with Gasteiger partial charge in [-0.1, -0.05) is 0 Å². The molecule has 2 fully saturated rings. The molecule has 0 amide bonds. The van der Waals surface area contributed by atoms with Crippen molar-refractivity contribution in [3.63, 3.8) is 0 Å². The fourth-order valence-electron chi connectivity index (χ4n) is 3.83. The van der Waals surface area contributed by atoms with E-state index in [0.717, 1.165) is 31.0 Å². The van der Waals surface area contributed by atoms with E-state index in [9.17, 15) is 17.6 Å². The summed E-state index contributed by atoms with van der Waals surface area (Å²) < 4.78 is 58.1.